The highest BCUT2D eigenvalue weighted by atomic mass is 79.9. The zero-order valence-electron chi connectivity index (χ0n) is 6.01. The van der Waals surface area contributed by atoms with Gasteiger partial charge in [-0.1, -0.05) is 29.3 Å². The van der Waals surface area contributed by atoms with Crippen LogP contribution in [-0.2, 0) is 0 Å². The summed E-state index contributed by atoms with van der Waals surface area (Å²) in [5.74, 6) is -2.77. The highest BCUT2D eigenvalue weighted by molar-refractivity contribution is 9.14. The average molecular weight is 290 g/mol. The van der Waals surface area contributed by atoms with Crippen LogP contribution in [0.2, 0.25) is 0 Å². The van der Waals surface area contributed by atoms with Crippen LogP contribution in [0, 0.1) is 0 Å². The van der Waals surface area contributed by atoms with Gasteiger partial charge in [0.15, 0.2) is 0 Å². The number of hydrogen-bond donors (Lipinski definition) is 3. The molecule has 0 aromatic carbocycles. The molecular formula is C6H10Br2O3. The van der Waals surface area contributed by atoms with Crippen molar-refractivity contribution in [3.63, 3.8) is 0 Å². The van der Waals surface area contributed by atoms with E-state index in [1.807, 2.05) is 6.92 Å². The number of aliphatic hydroxyl groups is 3. The number of halogens is 2. The van der Waals surface area contributed by atoms with Crippen molar-refractivity contribution in [2.24, 2.45) is 0 Å². The molecule has 0 unspecified atom stereocenters. The molecule has 0 amide bonds. The van der Waals surface area contributed by atoms with Crippen molar-refractivity contribution >= 4 is 31.9 Å². The van der Waals surface area contributed by atoms with Crippen LogP contribution < -0.4 is 0 Å². The van der Waals surface area contributed by atoms with Gasteiger partial charge >= 0.3 is 5.97 Å². The highest BCUT2D eigenvalue weighted by Gasteiger charge is 2.25. The molecule has 0 heterocycles. The predicted octanol–water partition coefficient (Wildman–Crippen LogP) is 1.42. The minimum absolute atomic E-state index is 0.0492. The molecule has 0 rings (SSSR count). The van der Waals surface area contributed by atoms with Gasteiger partial charge in [-0.3, -0.25) is 0 Å². The molecule has 0 saturated carbocycles. The van der Waals surface area contributed by atoms with E-state index < -0.39 is 5.97 Å². The summed E-state index contributed by atoms with van der Waals surface area (Å²) in [5, 5.41) is 26.0. The largest absolute Gasteiger partial charge is 0.339 e. The lowest BCUT2D eigenvalue weighted by molar-refractivity contribution is -0.275. The highest BCUT2D eigenvalue weighted by Crippen LogP contribution is 2.28. The predicted molar refractivity (Wildman–Crippen MR) is 49.2 cm³/mol. The Balaban J connectivity index is 4.39. The van der Waals surface area contributed by atoms with Crippen LogP contribution >= 0.6 is 31.9 Å². The van der Waals surface area contributed by atoms with Crippen molar-refractivity contribution in [2.75, 3.05) is 0 Å². The van der Waals surface area contributed by atoms with E-state index in [1.54, 1.807) is 0 Å². The molecule has 0 atom stereocenters. The molecule has 0 aromatic rings. The third-order valence-electron chi connectivity index (χ3n) is 1.00. The lowest BCUT2D eigenvalue weighted by Gasteiger charge is -2.14. The van der Waals surface area contributed by atoms with E-state index >= 15 is 0 Å². The molecule has 0 aromatic heterocycles. The van der Waals surface area contributed by atoms with Gasteiger partial charge in [0.1, 0.15) is 0 Å². The topological polar surface area (TPSA) is 60.7 Å². The van der Waals surface area contributed by atoms with Crippen molar-refractivity contribution in [1.82, 2.24) is 0 Å². The van der Waals surface area contributed by atoms with E-state index in [1.165, 1.54) is 0 Å². The smallest absolute Gasteiger partial charge is 0.312 e. The quantitative estimate of drug-likeness (QED) is 0.689. The Kier molecular flexibility index (Phi) is 4.81. The Bertz CT molecular complexity index is 160. The summed E-state index contributed by atoms with van der Waals surface area (Å²) in [6.07, 6.45) is 1.50. The number of hydrogen-bond acceptors (Lipinski definition) is 3. The zero-order chi connectivity index (χ0) is 9.07. The Morgan fingerprint density at radius 1 is 1.27 bits per heavy atom. The molecule has 0 saturated heterocycles. The monoisotopic (exact) mass is 288 g/mol. The lowest BCUT2D eigenvalue weighted by atomic mass is 10.3. The molecule has 3 N–H and O–H groups in total. The van der Waals surface area contributed by atoms with Crippen LogP contribution in [0.15, 0.2) is 8.96 Å². The third-order valence-corrected chi connectivity index (χ3v) is 3.34. The van der Waals surface area contributed by atoms with Crippen LogP contribution in [0.25, 0.3) is 0 Å². The summed E-state index contributed by atoms with van der Waals surface area (Å²) < 4.78 is 0.499. The normalized spacial score (nSPS) is 14.7. The van der Waals surface area contributed by atoms with Gasteiger partial charge in [0.25, 0.3) is 0 Å². The van der Waals surface area contributed by atoms with Crippen LogP contribution in [-0.4, -0.2) is 21.3 Å². The molecule has 0 spiro atoms. The Labute approximate surface area is 82.0 Å². The molecule has 0 bridgehead atoms. The first-order valence-electron chi connectivity index (χ1n) is 3.11. The fourth-order valence-electron chi connectivity index (χ4n) is 0.511. The van der Waals surface area contributed by atoms with Gasteiger partial charge in [-0.25, -0.2) is 0 Å². The van der Waals surface area contributed by atoms with E-state index in [0.29, 0.717) is 10.9 Å². The molecule has 0 aliphatic rings. The lowest BCUT2D eigenvalue weighted by Crippen LogP contribution is -2.27. The SMILES string of the molecule is CCCC(Br)=C(Br)C(O)(O)O. The zero-order valence-corrected chi connectivity index (χ0v) is 9.18. The Hall–Kier alpha value is 0.580. The summed E-state index contributed by atoms with van der Waals surface area (Å²) in [6.45, 7) is 1.94. The summed E-state index contributed by atoms with van der Waals surface area (Å²) in [4.78, 5) is 0. The first-order chi connectivity index (χ1) is 4.89. The molecular weight excluding hydrogens is 280 g/mol. The molecule has 3 nitrogen and oxygen atoms in total. The van der Waals surface area contributed by atoms with Crippen LogP contribution in [0.5, 0.6) is 0 Å². The minimum atomic E-state index is -2.77. The van der Waals surface area contributed by atoms with E-state index in [4.69, 9.17) is 15.3 Å². The molecule has 0 aliphatic heterocycles. The maximum Gasteiger partial charge on any atom is 0.312 e. The van der Waals surface area contributed by atoms with E-state index in [9.17, 15) is 0 Å². The third kappa shape index (κ3) is 4.22. The maximum absolute atomic E-state index is 8.66. The summed E-state index contributed by atoms with van der Waals surface area (Å²) in [6, 6.07) is 0. The molecule has 0 aliphatic carbocycles. The second-order valence-electron chi connectivity index (χ2n) is 2.10. The summed E-state index contributed by atoms with van der Waals surface area (Å²) in [7, 11) is 0. The molecule has 0 fully saturated rings. The second-order valence-corrected chi connectivity index (χ2v) is 3.85. The maximum atomic E-state index is 8.66. The van der Waals surface area contributed by atoms with Crippen LogP contribution in [0.4, 0.5) is 0 Å². The second kappa shape index (κ2) is 4.57. The summed E-state index contributed by atoms with van der Waals surface area (Å²) >= 11 is 5.94. The number of rotatable bonds is 3. The average Bonchev–Trinajstić information content (AvgIpc) is 1.85. The van der Waals surface area contributed by atoms with Crippen LogP contribution in [0.3, 0.4) is 0 Å². The van der Waals surface area contributed by atoms with Gasteiger partial charge in [-0.15, -0.1) is 0 Å². The van der Waals surface area contributed by atoms with Gasteiger partial charge in [-0.05, 0) is 22.4 Å². The van der Waals surface area contributed by atoms with Gasteiger partial charge in [0, 0.05) is 4.48 Å². The van der Waals surface area contributed by atoms with E-state index in [2.05, 4.69) is 31.9 Å². The minimum Gasteiger partial charge on any atom is -0.339 e. The van der Waals surface area contributed by atoms with Gasteiger partial charge < -0.3 is 15.3 Å². The Morgan fingerprint density at radius 2 is 1.73 bits per heavy atom. The molecule has 66 valence electrons. The Morgan fingerprint density at radius 3 is 2.00 bits per heavy atom. The number of allylic oxidation sites excluding steroid dienone is 1. The van der Waals surface area contributed by atoms with Crippen molar-refractivity contribution in [3.05, 3.63) is 8.96 Å². The van der Waals surface area contributed by atoms with Crippen molar-refractivity contribution in [2.45, 2.75) is 25.7 Å². The van der Waals surface area contributed by atoms with E-state index in [0.717, 1.165) is 6.42 Å². The van der Waals surface area contributed by atoms with Crippen molar-refractivity contribution in [3.8, 4) is 0 Å². The standard InChI is InChI=1S/C6H10Br2O3/c1-2-3-4(7)5(8)6(9,10)11/h9-11H,2-3H2,1H3. The molecule has 5 heteroatoms. The fraction of sp³-hybridized carbons (Fsp3) is 0.667. The van der Waals surface area contributed by atoms with Gasteiger partial charge in [-0.2, -0.15) is 0 Å². The first-order valence-corrected chi connectivity index (χ1v) is 4.70. The fourth-order valence-corrected chi connectivity index (χ4v) is 1.37. The van der Waals surface area contributed by atoms with Crippen LogP contribution in [0.1, 0.15) is 19.8 Å². The van der Waals surface area contributed by atoms with E-state index in [-0.39, 0.29) is 4.48 Å². The van der Waals surface area contributed by atoms with Crippen molar-refractivity contribution in [1.29, 1.82) is 0 Å². The summed E-state index contributed by atoms with van der Waals surface area (Å²) in [5.41, 5.74) is 0. The van der Waals surface area contributed by atoms with Crippen molar-refractivity contribution < 1.29 is 15.3 Å². The van der Waals surface area contributed by atoms with Gasteiger partial charge in [0.05, 0.1) is 4.48 Å². The van der Waals surface area contributed by atoms with Gasteiger partial charge in [0.2, 0.25) is 0 Å². The first kappa shape index (κ1) is 11.6. The molecule has 0 radical (unpaired) electrons. The molecule has 11 heavy (non-hydrogen) atoms.